The molecule has 2 rings (SSSR count). The van der Waals surface area contributed by atoms with Crippen LogP contribution in [0.4, 0.5) is 11.4 Å². The molecule has 0 spiro atoms. The molecule has 0 aliphatic heterocycles. The number of anilines is 1. The lowest BCUT2D eigenvalue weighted by Crippen LogP contribution is -2.20. The number of hydrogen-bond acceptors (Lipinski definition) is 3. The Morgan fingerprint density at radius 3 is 2.84 bits per heavy atom. The first-order chi connectivity index (χ1) is 9.06. The molecule has 0 fully saturated rings. The fourth-order valence-electron chi connectivity index (χ4n) is 2.88. The van der Waals surface area contributed by atoms with E-state index in [1.165, 1.54) is 11.6 Å². The smallest absolute Gasteiger partial charge is 0.292 e. The average molecular weight is 260 g/mol. The number of nitro groups is 1. The van der Waals surface area contributed by atoms with E-state index in [9.17, 15) is 10.1 Å². The van der Waals surface area contributed by atoms with Crippen LogP contribution in [0.5, 0.6) is 0 Å². The zero-order chi connectivity index (χ0) is 13.8. The molecule has 0 aromatic heterocycles. The molecule has 0 radical (unpaired) electrons. The number of para-hydroxylation sites is 2. The summed E-state index contributed by atoms with van der Waals surface area (Å²) >= 11 is 0. The summed E-state index contributed by atoms with van der Waals surface area (Å²) in [6.07, 6.45) is 4.55. The molecule has 1 N–H and O–H groups in total. The SMILES string of the molecule is CC1=CC(C)CC(CNc2ccccc2[N+](=O)[O-])C1. The molecule has 0 saturated carbocycles. The predicted molar refractivity (Wildman–Crippen MR) is 77.2 cm³/mol. The van der Waals surface area contributed by atoms with Crippen LogP contribution >= 0.6 is 0 Å². The molecule has 0 heterocycles. The maximum absolute atomic E-state index is 10.9. The van der Waals surface area contributed by atoms with Gasteiger partial charge in [0.05, 0.1) is 4.92 Å². The number of benzene rings is 1. The third kappa shape index (κ3) is 3.56. The van der Waals surface area contributed by atoms with E-state index in [0.29, 0.717) is 17.5 Å². The molecule has 4 heteroatoms. The molecule has 2 unspecified atom stereocenters. The van der Waals surface area contributed by atoms with E-state index in [2.05, 4.69) is 25.2 Å². The van der Waals surface area contributed by atoms with Crippen molar-refractivity contribution in [1.82, 2.24) is 0 Å². The van der Waals surface area contributed by atoms with Crippen molar-refractivity contribution in [2.45, 2.75) is 26.7 Å². The van der Waals surface area contributed by atoms with Gasteiger partial charge in [-0.3, -0.25) is 10.1 Å². The summed E-state index contributed by atoms with van der Waals surface area (Å²) in [5.74, 6) is 1.16. The van der Waals surface area contributed by atoms with Crippen molar-refractivity contribution in [2.24, 2.45) is 11.8 Å². The molecule has 1 aromatic rings. The molecule has 1 aliphatic rings. The lowest BCUT2D eigenvalue weighted by atomic mass is 9.84. The highest BCUT2D eigenvalue weighted by Crippen LogP contribution is 2.29. The largest absolute Gasteiger partial charge is 0.379 e. The minimum Gasteiger partial charge on any atom is -0.379 e. The van der Waals surface area contributed by atoms with E-state index >= 15 is 0 Å². The van der Waals surface area contributed by atoms with Crippen molar-refractivity contribution < 1.29 is 4.92 Å². The maximum atomic E-state index is 10.9. The first-order valence-electron chi connectivity index (χ1n) is 6.71. The summed E-state index contributed by atoms with van der Waals surface area (Å²) in [6, 6.07) is 6.83. The van der Waals surface area contributed by atoms with Crippen molar-refractivity contribution in [1.29, 1.82) is 0 Å². The Kier molecular flexibility index (Phi) is 4.20. The second kappa shape index (κ2) is 5.87. The normalized spacial score (nSPS) is 22.7. The standard InChI is InChI=1S/C15H20N2O2/c1-11-7-12(2)9-13(8-11)10-16-14-5-3-4-6-15(14)17(18)19/h3-7,11,13,16H,8-10H2,1-2H3. The second-order valence-corrected chi connectivity index (χ2v) is 5.45. The number of nitrogens with zero attached hydrogens (tertiary/aromatic N) is 1. The predicted octanol–water partition coefficient (Wildman–Crippen LogP) is 4.00. The molecular weight excluding hydrogens is 240 g/mol. The van der Waals surface area contributed by atoms with Gasteiger partial charge in [0.2, 0.25) is 0 Å². The number of rotatable bonds is 4. The van der Waals surface area contributed by atoms with Crippen molar-refractivity contribution in [2.75, 3.05) is 11.9 Å². The number of nitro benzene ring substituents is 1. The fraction of sp³-hybridized carbons (Fsp3) is 0.467. The Balaban J connectivity index is 2.00. The molecule has 2 atom stereocenters. The average Bonchev–Trinajstić information content (AvgIpc) is 2.35. The van der Waals surface area contributed by atoms with Crippen LogP contribution in [0, 0.1) is 22.0 Å². The molecule has 4 nitrogen and oxygen atoms in total. The third-order valence-electron chi connectivity index (χ3n) is 3.57. The van der Waals surface area contributed by atoms with Crippen molar-refractivity contribution in [3.8, 4) is 0 Å². The van der Waals surface area contributed by atoms with Crippen LogP contribution in [-0.2, 0) is 0 Å². The summed E-state index contributed by atoms with van der Waals surface area (Å²) in [5, 5.41) is 14.2. The van der Waals surface area contributed by atoms with Gasteiger partial charge >= 0.3 is 0 Å². The minimum absolute atomic E-state index is 0.152. The zero-order valence-corrected chi connectivity index (χ0v) is 11.4. The van der Waals surface area contributed by atoms with Crippen LogP contribution in [0.15, 0.2) is 35.9 Å². The van der Waals surface area contributed by atoms with Crippen LogP contribution in [0.25, 0.3) is 0 Å². The molecule has 0 bridgehead atoms. The van der Waals surface area contributed by atoms with Crippen molar-refractivity contribution in [3.05, 3.63) is 46.0 Å². The molecule has 1 aromatic carbocycles. The van der Waals surface area contributed by atoms with E-state index in [1.54, 1.807) is 12.1 Å². The lowest BCUT2D eigenvalue weighted by Gasteiger charge is -2.25. The summed E-state index contributed by atoms with van der Waals surface area (Å²) in [7, 11) is 0. The van der Waals surface area contributed by atoms with Gasteiger partial charge in [0.1, 0.15) is 5.69 Å². The number of hydrogen-bond donors (Lipinski definition) is 1. The molecule has 0 amide bonds. The summed E-state index contributed by atoms with van der Waals surface area (Å²) in [6.45, 7) is 5.18. The Bertz CT molecular complexity index is 497. The van der Waals surface area contributed by atoms with Gasteiger partial charge in [-0.05, 0) is 37.7 Å². The van der Waals surface area contributed by atoms with Crippen LogP contribution in [0.3, 0.4) is 0 Å². The van der Waals surface area contributed by atoms with E-state index in [0.717, 1.165) is 19.4 Å². The molecule has 19 heavy (non-hydrogen) atoms. The molecule has 102 valence electrons. The van der Waals surface area contributed by atoms with Gasteiger partial charge in [-0.15, -0.1) is 0 Å². The van der Waals surface area contributed by atoms with Gasteiger partial charge < -0.3 is 5.32 Å². The fourth-order valence-corrected chi connectivity index (χ4v) is 2.88. The van der Waals surface area contributed by atoms with E-state index in [1.807, 2.05) is 6.07 Å². The van der Waals surface area contributed by atoms with E-state index in [4.69, 9.17) is 0 Å². The summed E-state index contributed by atoms with van der Waals surface area (Å²) in [4.78, 5) is 10.6. The number of nitrogens with one attached hydrogen (secondary N) is 1. The highest BCUT2D eigenvalue weighted by molar-refractivity contribution is 5.61. The first kappa shape index (κ1) is 13.6. The topological polar surface area (TPSA) is 55.2 Å². The summed E-state index contributed by atoms with van der Waals surface area (Å²) in [5.41, 5.74) is 2.19. The van der Waals surface area contributed by atoms with Crippen LogP contribution in [0.2, 0.25) is 0 Å². The van der Waals surface area contributed by atoms with E-state index in [-0.39, 0.29) is 10.6 Å². The lowest BCUT2D eigenvalue weighted by molar-refractivity contribution is -0.384. The van der Waals surface area contributed by atoms with Crippen LogP contribution in [0.1, 0.15) is 26.7 Å². The van der Waals surface area contributed by atoms with Gasteiger partial charge in [-0.25, -0.2) is 0 Å². The van der Waals surface area contributed by atoms with Gasteiger partial charge in [0.15, 0.2) is 0 Å². The molecular formula is C15H20N2O2. The molecule has 1 aliphatic carbocycles. The Labute approximate surface area is 113 Å². The van der Waals surface area contributed by atoms with Gasteiger partial charge in [0, 0.05) is 12.6 Å². The van der Waals surface area contributed by atoms with Gasteiger partial charge in [0.25, 0.3) is 5.69 Å². The monoisotopic (exact) mass is 260 g/mol. The minimum atomic E-state index is -0.336. The highest BCUT2D eigenvalue weighted by atomic mass is 16.6. The maximum Gasteiger partial charge on any atom is 0.292 e. The van der Waals surface area contributed by atoms with Crippen molar-refractivity contribution in [3.63, 3.8) is 0 Å². The zero-order valence-electron chi connectivity index (χ0n) is 11.4. The Hall–Kier alpha value is -1.84. The summed E-state index contributed by atoms with van der Waals surface area (Å²) < 4.78 is 0. The van der Waals surface area contributed by atoms with Gasteiger partial charge in [-0.2, -0.15) is 0 Å². The highest BCUT2D eigenvalue weighted by Gasteiger charge is 2.19. The van der Waals surface area contributed by atoms with Crippen molar-refractivity contribution >= 4 is 11.4 Å². The Morgan fingerprint density at radius 2 is 2.16 bits per heavy atom. The van der Waals surface area contributed by atoms with E-state index < -0.39 is 0 Å². The van der Waals surface area contributed by atoms with Crippen LogP contribution < -0.4 is 5.32 Å². The second-order valence-electron chi connectivity index (χ2n) is 5.45. The van der Waals surface area contributed by atoms with Crippen LogP contribution in [-0.4, -0.2) is 11.5 Å². The number of allylic oxidation sites excluding steroid dienone is 2. The Morgan fingerprint density at radius 1 is 1.42 bits per heavy atom. The molecule has 0 saturated heterocycles. The van der Waals surface area contributed by atoms with Gasteiger partial charge in [-0.1, -0.05) is 30.7 Å². The first-order valence-corrected chi connectivity index (χ1v) is 6.71. The third-order valence-corrected chi connectivity index (χ3v) is 3.57. The quantitative estimate of drug-likeness (QED) is 0.505.